The predicted octanol–water partition coefficient (Wildman–Crippen LogP) is 2.31. The molecule has 1 aromatic carbocycles. The van der Waals surface area contributed by atoms with Crippen LogP contribution in [-0.2, 0) is 6.61 Å². The van der Waals surface area contributed by atoms with Gasteiger partial charge in [-0.2, -0.15) is 0 Å². The van der Waals surface area contributed by atoms with Crippen molar-refractivity contribution in [3.8, 4) is 5.75 Å². The molecule has 0 fully saturated rings. The predicted molar refractivity (Wildman–Crippen MR) is 65.6 cm³/mol. The molecule has 21 heavy (non-hydrogen) atoms. The number of aromatic nitrogens is 1. The first-order chi connectivity index (χ1) is 9.88. The highest BCUT2D eigenvalue weighted by atomic mass is 19.1. The number of aryl methyl sites for hydroxylation is 1. The molecular formula is C12H9FN2O6. The molecule has 9 heteroatoms. The lowest BCUT2D eigenvalue weighted by molar-refractivity contribution is -0.385. The van der Waals surface area contributed by atoms with Gasteiger partial charge in [0.05, 0.1) is 11.0 Å². The van der Waals surface area contributed by atoms with E-state index in [-0.39, 0.29) is 35.1 Å². The summed E-state index contributed by atoms with van der Waals surface area (Å²) < 4.78 is 23.5. The molecule has 0 amide bonds. The third-order valence-corrected chi connectivity index (χ3v) is 2.60. The molecule has 0 radical (unpaired) electrons. The van der Waals surface area contributed by atoms with Crippen molar-refractivity contribution in [1.29, 1.82) is 0 Å². The molecule has 0 aliphatic carbocycles. The van der Waals surface area contributed by atoms with Gasteiger partial charge in [-0.15, -0.1) is 0 Å². The first-order valence-corrected chi connectivity index (χ1v) is 5.64. The second-order valence-corrected chi connectivity index (χ2v) is 4.10. The van der Waals surface area contributed by atoms with Gasteiger partial charge in [-0.05, 0) is 13.0 Å². The number of hydrogen-bond acceptors (Lipinski definition) is 6. The highest BCUT2D eigenvalue weighted by Gasteiger charge is 2.17. The summed E-state index contributed by atoms with van der Waals surface area (Å²) in [5.74, 6) is -2.28. The fourth-order valence-electron chi connectivity index (χ4n) is 1.58. The van der Waals surface area contributed by atoms with Crippen molar-refractivity contribution < 1.29 is 28.5 Å². The van der Waals surface area contributed by atoms with Crippen LogP contribution in [0.2, 0.25) is 0 Å². The van der Waals surface area contributed by atoms with Crippen LogP contribution >= 0.6 is 0 Å². The van der Waals surface area contributed by atoms with Gasteiger partial charge >= 0.3 is 5.97 Å². The molecule has 0 saturated carbocycles. The van der Waals surface area contributed by atoms with E-state index in [0.29, 0.717) is 0 Å². The SMILES string of the molecule is Cc1cc(OCc2cc(C(=O)O)no2)c(F)cc1[N+](=O)[O-]. The maximum absolute atomic E-state index is 13.7. The lowest BCUT2D eigenvalue weighted by Gasteiger charge is -2.06. The maximum Gasteiger partial charge on any atom is 0.358 e. The Kier molecular flexibility index (Phi) is 3.83. The first kappa shape index (κ1) is 14.4. The van der Waals surface area contributed by atoms with E-state index < -0.39 is 16.7 Å². The minimum absolute atomic E-state index is 0.0859. The summed E-state index contributed by atoms with van der Waals surface area (Å²) in [6, 6.07) is 3.08. The fraction of sp³-hybridized carbons (Fsp3) is 0.167. The number of carboxylic acids is 1. The Morgan fingerprint density at radius 1 is 1.52 bits per heavy atom. The monoisotopic (exact) mass is 296 g/mol. The minimum Gasteiger partial charge on any atom is -0.482 e. The summed E-state index contributed by atoms with van der Waals surface area (Å²) in [5.41, 5.74) is -0.415. The molecule has 0 spiro atoms. The molecule has 8 nitrogen and oxygen atoms in total. The zero-order valence-electron chi connectivity index (χ0n) is 10.7. The van der Waals surface area contributed by atoms with E-state index >= 15 is 0 Å². The van der Waals surface area contributed by atoms with Crippen LogP contribution in [0.15, 0.2) is 22.7 Å². The van der Waals surface area contributed by atoms with Crippen LogP contribution in [0.4, 0.5) is 10.1 Å². The van der Waals surface area contributed by atoms with Crippen molar-refractivity contribution in [2.75, 3.05) is 0 Å². The highest BCUT2D eigenvalue weighted by Crippen LogP contribution is 2.27. The second kappa shape index (κ2) is 5.57. The number of carbonyl (C=O) groups is 1. The highest BCUT2D eigenvalue weighted by molar-refractivity contribution is 5.85. The summed E-state index contributed by atoms with van der Waals surface area (Å²) in [4.78, 5) is 20.6. The molecule has 1 aromatic heterocycles. The van der Waals surface area contributed by atoms with Gasteiger partial charge in [0.15, 0.2) is 23.0 Å². The Labute approximate surface area is 116 Å². The molecule has 1 N–H and O–H groups in total. The lowest BCUT2D eigenvalue weighted by atomic mass is 10.2. The molecule has 110 valence electrons. The van der Waals surface area contributed by atoms with E-state index in [1.54, 1.807) is 0 Å². The number of benzene rings is 1. The number of aromatic carboxylic acids is 1. The summed E-state index contributed by atoms with van der Waals surface area (Å²) in [6.07, 6.45) is 0. The van der Waals surface area contributed by atoms with Crippen LogP contribution in [0.3, 0.4) is 0 Å². The molecule has 0 unspecified atom stereocenters. The number of nitrogens with zero attached hydrogens (tertiary/aromatic N) is 2. The van der Waals surface area contributed by atoms with E-state index in [2.05, 4.69) is 5.16 Å². The van der Waals surface area contributed by atoms with Crippen molar-refractivity contribution in [3.05, 3.63) is 51.1 Å². The number of ether oxygens (including phenoxy) is 1. The normalized spacial score (nSPS) is 10.4. The Morgan fingerprint density at radius 3 is 2.81 bits per heavy atom. The summed E-state index contributed by atoms with van der Waals surface area (Å²) >= 11 is 0. The van der Waals surface area contributed by atoms with Gasteiger partial charge in [0.2, 0.25) is 0 Å². The average molecular weight is 296 g/mol. The average Bonchev–Trinajstić information content (AvgIpc) is 2.88. The number of nitro groups is 1. The van der Waals surface area contributed by atoms with Gasteiger partial charge in [-0.25, -0.2) is 9.18 Å². The van der Waals surface area contributed by atoms with E-state index in [9.17, 15) is 19.3 Å². The van der Waals surface area contributed by atoms with E-state index in [1.807, 2.05) is 0 Å². The van der Waals surface area contributed by atoms with E-state index in [4.69, 9.17) is 14.4 Å². The lowest BCUT2D eigenvalue weighted by Crippen LogP contribution is -1.99. The molecule has 0 aliphatic rings. The molecule has 0 aliphatic heterocycles. The quantitative estimate of drug-likeness (QED) is 0.664. The Bertz CT molecular complexity index is 712. The summed E-state index contributed by atoms with van der Waals surface area (Å²) in [6.45, 7) is 1.19. The molecular weight excluding hydrogens is 287 g/mol. The third-order valence-electron chi connectivity index (χ3n) is 2.60. The number of hydrogen-bond donors (Lipinski definition) is 1. The van der Waals surface area contributed by atoms with Gasteiger partial charge in [0.25, 0.3) is 5.69 Å². The maximum atomic E-state index is 13.7. The van der Waals surface area contributed by atoms with Crippen LogP contribution in [0.5, 0.6) is 5.75 Å². The molecule has 0 bridgehead atoms. The summed E-state index contributed by atoms with van der Waals surface area (Å²) in [5, 5.41) is 22.6. The topological polar surface area (TPSA) is 116 Å². The van der Waals surface area contributed by atoms with Gasteiger partial charge in [0.1, 0.15) is 6.61 Å². The molecule has 1 heterocycles. The number of halogens is 1. The standard InChI is InChI=1S/C12H9FN2O6/c1-6-2-11(8(13)4-10(6)15(18)19)20-5-7-3-9(12(16)17)14-21-7/h2-4H,5H2,1H3,(H,16,17). The van der Waals surface area contributed by atoms with E-state index in [1.165, 1.54) is 13.0 Å². The van der Waals surface area contributed by atoms with Gasteiger partial charge in [-0.1, -0.05) is 5.16 Å². The van der Waals surface area contributed by atoms with Crippen LogP contribution in [0.1, 0.15) is 21.8 Å². The van der Waals surface area contributed by atoms with E-state index in [0.717, 1.165) is 12.1 Å². The number of carboxylic acid groups (broad SMARTS) is 1. The smallest absolute Gasteiger partial charge is 0.358 e. The zero-order chi connectivity index (χ0) is 15.6. The Morgan fingerprint density at radius 2 is 2.24 bits per heavy atom. The summed E-state index contributed by atoms with van der Waals surface area (Å²) in [7, 11) is 0. The number of nitro benzene ring substituents is 1. The second-order valence-electron chi connectivity index (χ2n) is 4.10. The van der Waals surface area contributed by atoms with Gasteiger partial charge < -0.3 is 14.4 Å². The third kappa shape index (κ3) is 3.14. The minimum atomic E-state index is -1.26. The Hall–Kier alpha value is -2.97. The van der Waals surface area contributed by atoms with Crippen molar-refractivity contribution in [2.45, 2.75) is 13.5 Å². The fourth-order valence-corrected chi connectivity index (χ4v) is 1.58. The van der Waals surface area contributed by atoms with Gasteiger partial charge in [-0.3, -0.25) is 10.1 Å². The Balaban J connectivity index is 2.14. The van der Waals surface area contributed by atoms with Crippen LogP contribution in [0.25, 0.3) is 0 Å². The van der Waals surface area contributed by atoms with Crippen LogP contribution in [-0.4, -0.2) is 21.2 Å². The van der Waals surface area contributed by atoms with Crippen molar-refractivity contribution in [1.82, 2.24) is 5.16 Å². The van der Waals surface area contributed by atoms with Crippen molar-refractivity contribution >= 4 is 11.7 Å². The van der Waals surface area contributed by atoms with Crippen LogP contribution < -0.4 is 4.74 Å². The molecule has 2 aromatic rings. The van der Waals surface area contributed by atoms with Crippen LogP contribution in [0, 0.1) is 22.9 Å². The number of rotatable bonds is 5. The van der Waals surface area contributed by atoms with Crippen molar-refractivity contribution in [3.63, 3.8) is 0 Å². The zero-order valence-corrected chi connectivity index (χ0v) is 10.7. The molecule has 2 rings (SSSR count). The van der Waals surface area contributed by atoms with Crippen molar-refractivity contribution in [2.24, 2.45) is 0 Å². The largest absolute Gasteiger partial charge is 0.482 e. The molecule has 0 saturated heterocycles. The van der Waals surface area contributed by atoms with Gasteiger partial charge in [0, 0.05) is 11.6 Å². The first-order valence-electron chi connectivity index (χ1n) is 5.64. The molecule has 0 atom stereocenters.